The van der Waals surface area contributed by atoms with Crippen LogP contribution in [0.2, 0.25) is 0 Å². The number of carbonyl (C=O) groups is 2. The molecule has 1 aromatic heterocycles. The van der Waals surface area contributed by atoms with E-state index in [0.29, 0.717) is 5.82 Å². The zero-order valence-electron chi connectivity index (χ0n) is 11.3. The number of hydrogen-bond acceptors (Lipinski definition) is 5. The lowest BCUT2D eigenvalue weighted by molar-refractivity contribution is -0.125. The van der Waals surface area contributed by atoms with Gasteiger partial charge >= 0.3 is 5.97 Å². The molecule has 1 aliphatic rings. The van der Waals surface area contributed by atoms with Gasteiger partial charge < -0.3 is 15.7 Å². The predicted octanol–water partition coefficient (Wildman–Crippen LogP) is 0.891. The molecule has 2 rings (SSSR count). The summed E-state index contributed by atoms with van der Waals surface area (Å²) in [5.74, 6) is -0.318. The third-order valence-corrected chi connectivity index (χ3v) is 3.57. The summed E-state index contributed by atoms with van der Waals surface area (Å²) in [6.45, 7) is 0. The highest BCUT2D eigenvalue weighted by atomic mass is 16.4. The Morgan fingerprint density at radius 2 is 1.90 bits per heavy atom. The molecule has 0 radical (unpaired) electrons. The molecule has 3 N–H and O–H groups in total. The van der Waals surface area contributed by atoms with Crippen LogP contribution in [-0.2, 0) is 4.79 Å². The summed E-state index contributed by atoms with van der Waals surface area (Å²) in [5.41, 5.74) is -0.0705. The molecule has 0 saturated heterocycles. The van der Waals surface area contributed by atoms with Crippen LogP contribution in [-0.4, -0.2) is 40.0 Å². The first-order valence-electron chi connectivity index (χ1n) is 6.63. The van der Waals surface area contributed by atoms with Crippen molar-refractivity contribution in [3.8, 4) is 0 Å². The van der Waals surface area contributed by atoms with Crippen molar-refractivity contribution in [3.63, 3.8) is 0 Å². The van der Waals surface area contributed by atoms with E-state index in [0.717, 1.165) is 25.7 Å². The molecule has 0 atom stereocenters. The van der Waals surface area contributed by atoms with Crippen LogP contribution in [0.25, 0.3) is 0 Å². The minimum absolute atomic E-state index is 0.0705. The fraction of sp³-hybridized carbons (Fsp3) is 0.538. The Kier molecular flexibility index (Phi) is 4.49. The molecule has 0 aliphatic heterocycles. The van der Waals surface area contributed by atoms with Crippen LogP contribution >= 0.6 is 0 Å². The molecule has 1 aromatic rings. The number of rotatable bonds is 4. The van der Waals surface area contributed by atoms with E-state index in [-0.39, 0.29) is 23.6 Å². The van der Waals surface area contributed by atoms with Gasteiger partial charge in [-0.05, 0) is 25.7 Å². The van der Waals surface area contributed by atoms with Gasteiger partial charge in [0.05, 0.1) is 12.4 Å². The van der Waals surface area contributed by atoms with E-state index in [2.05, 4.69) is 20.6 Å². The lowest BCUT2D eigenvalue weighted by Crippen LogP contribution is -2.34. The third kappa shape index (κ3) is 3.43. The first-order valence-corrected chi connectivity index (χ1v) is 6.63. The van der Waals surface area contributed by atoms with Crippen LogP contribution in [0.3, 0.4) is 0 Å². The Morgan fingerprint density at radius 3 is 2.40 bits per heavy atom. The van der Waals surface area contributed by atoms with Crippen LogP contribution in [0.5, 0.6) is 0 Å². The van der Waals surface area contributed by atoms with Gasteiger partial charge in [-0.2, -0.15) is 0 Å². The third-order valence-electron chi connectivity index (χ3n) is 3.57. The van der Waals surface area contributed by atoms with Gasteiger partial charge in [0.1, 0.15) is 5.82 Å². The molecule has 1 aliphatic carbocycles. The van der Waals surface area contributed by atoms with Crippen molar-refractivity contribution in [1.29, 1.82) is 0 Å². The van der Waals surface area contributed by atoms with Gasteiger partial charge in [0.2, 0.25) is 5.91 Å². The number of aromatic carboxylic acids is 1. The van der Waals surface area contributed by atoms with E-state index in [4.69, 9.17) is 5.11 Å². The van der Waals surface area contributed by atoms with Gasteiger partial charge in [0.15, 0.2) is 5.69 Å². The SMILES string of the molecule is CNC(=O)C1CCC(Nc2cnc(C(=O)O)cn2)CC1. The Hall–Kier alpha value is -2.18. The highest BCUT2D eigenvalue weighted by molar-refractivity contribution is 5.84. The number of nitrogens with one attached hydrogen (secondary N) is 2. The molecule has 20 heavy (non-hydrogen) atoms. The molecule has 1 saturated carbocycles. The second-order valence-corrected chi connectivity index (χ2v) is 4.90. The second-order valence-electron chi connectivity index (χ2n) is 4.90. The minimum atomic E-state index is -1.09. The summed E-state index contributed by atoms with van der Waals surface area (Å²) in [6.07, 6.45) is 6.13. The van der Waals surface area contributed by atoms with Gasteiger partial charge in [0.25, 0.3) is 0 Å². The quantitative estimate of drug-likeness (QED) is 0.755. The van der Waals surface area contributed by atoms with E-state index in [9.17, 15) is 9.59 Å². The molecule has 0 spiro atoms. The number of carboxylic acids is 1. The van der Waals surface area contributed by atoms with Crippen LogP contribution < -0.4 is 10.6 Å². The van der Waals surface area contributed by atoms with Crippen molar-refractivity contribution in [2.45, 2.75) is 31.7 Å². The molecular weight excluding hydrogens is 260 g/mol. The molecule has 0 aromatic carbocycles. The van der Waals surface area contributed by atoms with E-state index < -0.39 is 5.97 Å². The van der Waals surface area contributed by atoms with E-state index >= 15 is 0 Å². The lowest BCUT2D eigenvalue weighted by Gasteiger charge is -2.28. The first-order chi connectivity index (χ1) is 9.60. The summed E-state index contributed by atoms with van der Waals surface area (Å²) in [6, 6.07) is 0.251. The first kappa shape index (κ1) is 14.2. The maximum absolute atomic E-state index is 11.5. The molecule has 7 heteroatoms. The molecule has 108 valence electrons. The van der Waals surface area contributed by atoms with Gasteiger partial charge in [-0.15, -0.1) is 0 Å². The average molecular weight is 278 g/mol. The van der Waals surface area contributed by atoms with Crippen molar-refractivity contribution < 1.29 is 14.7 Å². The van der Waals surface area contributed by atoms with Gasteiger partial charge in [-0.1, -0.05) is 0 Å². The Bertz CT molecular complexity index is 481. The van der Waals surface area contributed by atoms with Crippen LogP contribution in [0.15, 0.2) is 12.4 Å². The van der Waals surface area contributed by atoms with Crippen LogP contribution in [0, 0.1) is 5.92 Å². The average Bonchev–Trinajstić information content (AvgIpc) is 2.48. The number of hydrogen-bond donors (Lipinski definition) is 3. The summed E-state index contributed by atoms with van der Waals surface area (Å²) in [7, 11) is 1.66. The number of amides is 1. The Balaban J connectivity index is 1.86. The van der Waals surface area contributed by atoms with Crippen molar-refractivity contribution in [2.75, 3.05) is 12.4 Å². The normalized spacial score (nSPS) is 22.1. The molecule has 1 amide bonds. The summed E-state index contributed by atoms with van der Waals surface area (Å²) in [4.78, 5) is 30.0. The maximum atomic E-state index is 11.5. The number of anilines is 1. The summed E-state index contributed by atoms with van der Waals surface area (Å²) >= 11 is 0. The number of carboxylic acid groups (broad SMARTS) is 1. The lowest BCUT2D eigenvalue weighted by atomic mass is 9.85. The number of aromatic nitrogens is 2. The predicted molar refractivity (Wildman–Crippen MR) is 72.4 cm³/mol. The molecule has 0 unspecified atom stereocenters. The Labute approximate surface area is 116 Å². The highest BCUT2D eigenvalue weighted by Crippen LogP contribution is 2.26. The Morgan fingerprint density at radius 1 is 1.20 bits per heavy atom. The van der Waals surface area contributed by atoms with Crippen molar-refractivity contribution >= 4 is 17.7 Å². The van der Waals surface area contributed by atoms with E-state index in [1.165, 1.54) is 12.4 Å². The monoisotopic (exact) mass is 278 g/mol. The summed E-state index contributed by atoms with van der Waals surface area (Å²) in [5, 5.41) is 14.6. The maximum Gasteiger partial charge on any atom is 0.356 e. The van der Waals surface area contributed by atoms with Crippen LogP contribution in [0.1, 0.15) is 36.2 Å². The van der Waals surface area contributed by atoms with Gasteiger partial charge in [-0.25, -0.2) is 14.8 Å². The molecular formula is C13H18N4O3. The largest absolute Gasteiger partial charge is 0.476 e. The smallest absolute Gasteiger partial charge is 0.356 e. The van der Waals surface area contributed by atoms with Crippen molar-refractivity contribution in [1.82, 2.24) is 15.3 Å². The fourth-order valence-electron chi connectivity index (χ4n) is 2.43. The molecule has 7 nitrogen and oxygen atoms in total. The number of nitrogens with zero attached hydrogens (tertiary/aromatic N) is 2. The molecule has 0 bridgehead atoms. The van der Waals surface area contributed by atoms with E-state index in [1.807, 2.05) is 0 Å². The topological polar surface area (TPSA) is 104 Å². The van der Waals surface area contributed by atoms with Crippen LogP contribution in [0.4, 0.5) is 5.82 Å². The van der Waals surface area contributed by atoms with Gasteiger partial charge in [-0.3, -0.25) is 4.79 Å². The fourth-order valence-corrected chi connectivity index (χ4v) is 2.43. The zero-order valence-corrected chi connectivity index (χ0v) is 11.3. The molecule has 1 fully saturated rings. The number of carbonyl (C=O) groups excluding carboxylic acids is 1. The standard InChI is InChI=1S/C13H18N4O3/c1-14-12(18)8-2-4-9(5-3-8)17-11-7-15-10(6-16-11)13(19)20/h6-9H,2-5H2,1H3,(H,14,18)(H,16,17)(H,19,20). The zero-order chi connectivity index (χ0) is 14.5. The van der Waals surface area contributed by atoms with Crippen molar-refractivity contribution in [3.05, 3.63) is 18.1 Å². The minimum Gasteiger partial charge on any atom is -0.476 e. The molecule has 1 heterocycles. The highest BCUT2D eigenvalue weighted by Gasteiger charge is 2.25. The van der Waals surface area contributed by atoms with E-state index in [1.54, 1.807) is 7.05 Å². The summed E-state index contributed by atoms with van der Waals surface area (Å²) < 4.78 is 0. The second kappa shape index (κ2) is 6.31. The van der Waals surface area contributed by atoms with Gasteiger partial charge in [0, 0.05) is 19.0 Å². The van der Waals surface area contributed by atoms with Crippen molar-refractivity contribution in [2.24, 2.45) is 5.92 Å².